The molecule has 2 aromatic rings. The second-order valence-electron chi connectivity index (χ2n) is 7.68. The van der Waals surface area contributed by atoms with Gasteiger partial charge < -0.3 is 19.6 Å². The van der Waals surface area contributed by atoms with Gasteiger partial charge in [-0.1, -0.05) is 19.0 Å². The summed E-state index contributed by atoms with van der Waals surface area (Å²) in [7, 11) is 3.83. The molecule has 0 spiro atoms. The largest absolute Gasteiger partial charge is 0.378 e. The molecule has 1 aliphatic rings. The van der Waals surface area contributed by atoms with E-state index in [1.165, 1.54) is 0 Å². The van der Waals surface area contributed by atoms with Crippen molar-refractivity contribution in [2.24, 2.45) is 5.92 Å². The number of hydrogen-bond donors (Lipinski definition) is 1. The van der Waals surface area contributed by atoms with Crippen LogP contribution in [-0.2, 0) is 0 Å². The van der Waals surface area contributed by atoms with Gasteiger partial charge in [0, 0.05) is 51.7 Å². The average Bonchev–Trinajstić information content (AvgIpc) is 3.35. The smallest absolute Gasteiger partial charge is 0.292 e. The Bertz CT molecular complexity index is 846. The predicted octanol–water partition coefficient (Wildman–Crippen LogP) is 2.15. The number of carbonyl (C=O) groups excluding carboxylic acids is 2. The Morgan fingerprint density at radius 3 is 2.82 bits per heavy atom. The van der Waals surface area contributed by atoms with Crippen molar-refractivity contribution in [3.05, 3.63) is 41.5 Å². The van der Waals surface area contributed by atoms with E-state index in [0.717, 1.165) is 17.8 Å². The number of amides is 2. The molecule has 0 aromatic carbocycles. The summed E-state index contributed by atoms with van der Waals surface area (Å²) in [5.41, 5.74) is 2.09. The van der Waals surface area contributed by atoms with Crippen LogP contribution < -0.4 is 10.2 Å². The highest BCUT2D eigenvalue weighted by molar-refractivity contribution is 5.93. The summed E-state index contributed by atoms with van der Waals surface area (Å²) in [5.74, 6) is 0.348. The van der Waals surface area contributed by atoms with Crippen LogP contribution in [0.15, 0.2) is 28.9 Å². The van der Waals surface area contributed by atoms with Crippen LogP contribution >= 0.6 is 0 Å². The first-order chi connectivity index (χ1) is 13.3. The molecule has 0 bridgehead atoms. The van der Waals surface area contributed by atoms with E-state index < -0.39 is 0 Å². The van der Waals surface area contributed by atoms with E-state index in [2.05, 4.69) is 15.5 Å². The first-order valence-corrected chi connectivity index (χ1v) is 9.52. The van der Waals surface area contributed by atoms with Gasteiger partial charge in [-0.3, -0.25) is 14.6 Å². The van der Waals surface area contributed by atoms with Crippen molar-refractivity contribution < 1.29 is 14.1 Å². The highest BCUT2D eigenvalue weighted by Gasteiger charge is 2.29. The Morgan fingerprint density at radius 1 is 1.36 bits per heavy atom. The van der Waals surface area contributed by atoms with Gasteiger partial charge in [0.2, 0.25) is 5.76 Å². The fourth-order valence-electron chi connectivity index (χ4n) is 3.15. The number of pyridine rings is 1. The summed E-state index contributed by atoms with van der Waals surface area (Å²) in [6.07, 6.45) is 2.46. The van der Waals surface area contributed by atoms with E-state index in [1.54, 1.807) is 23.2 Å². The molecule has 1 N–H and O–H groups in total. The molecule has 1 fully saturated rings. The Kier molecular flexibility index (Phi) is 5.96. The molecule has 3 rings (SSSR count). The molecule has 1 aliphatic heterocycles. The average molecular weight is 385 g/mol. The third kappa shape index (κ3) is 4.49. The highest BCUT2D eigenvalue weighted by atomic mass is 16.5. The Labute approximate surface area is 164 Å². The lowest BCUT2D eigenvalue weighted by Crippen LogP contribution is -2.33. The minimum Gasteiger partial charge on any atom is -0.378 e. The SMILES string of the molecule is CC(C)c1cc(C(=O)N2CCC(CNC(=O)c3cc(N(C)C)ccn3)C2)on1. The third-order valence-corrected chi connectivity index (χ3v) is 4.95. The van der Waals surface area contributed by atoms with Crippen LogP contribution in [0.4, 0.5) is 5.69 Å². The predicted molar refractivity (Wildman–Crippen MR) is 105 cm³/mol. The molecule has 1 saturated heterocycles. The minimum atomic E-state index is -0.203. The highest BCUT2D eigenvalue weighted by Crippen LogP contribution is 2.21. The number of anilines is 1. The second kappa shape index (κ2) is 8.41. The van der Waals surface area contributed by atoms with Gasteiger partial charge in [0.15, 0.2) is 0 Å². The van der Waals surface area contributed by atoms with Crippen molar-refractivity contribution in [3.63, 3.8) is 0 Å². The molecule has 0 radical (unpaired) electrons. The van der Waals surface area contributed by atoms with Crippen molar-refractivity contribution in [3.8, 4) is 0 Å². The van der Waals surface area contributed by atoms with Crippen LogP contribution in [0.3, 0.4) is 0 Å². The van der Waals surface area contributed by atoms with Crippen LogP contribution in [0.2, 0.25) is 0 Å². The number of aromatic nitrogens is 2. The quantitative estimate of drug-likeness (QED) is 0.819. The van der Waals surface area contributed by atoms with Gasteiger partial charge in [0.25, 0.3) is 11.8 Å². The fourth-order valence-corrected chi connectivity index (χ4v) is 3.15. The normalized spacial score (nSPS) is 16.5. The van der Waals surface area contributed by atoms with E-state index in [-0.39, 0.29) is 29.4 Å². The summed E-state index contributed by atoms with van der Waals surface area (Å²) >= 11 is 0. The first kappa shape index (κ1) is 19.9. The van der Waals surface area contributed by atoms with Crippen molar-refractivity contribution in [1.29, 1.82) is 0 Å². The van der Waals surface area contributed by atoms with E-state index in [0.29, 0.717) is 25.3 Å². The standard InChI is InChI=1S/C20H27N5O3/c1-13(2)16-10-18(28-23-16)20(27)25-8-6-14(12-25)11-22-19(26)17-9-15(24(3)4)5-7-21-17/h5,7,9-10,13-14H,6,8,11-12H2,1-4H3,(H,22,26). The third-order valence-electron chi connectivity index (χ3n) is 4.95. The van der Waals surface area contributed by atoms with E-state index in [9.17, 15) is 9.59 Å². The maximum atomic E-state index is 12.6. The van der Waals surface area contributed by atoms with E-state index in [1.807, 2.05) is 38.9 Å². The molecule has 3 heterocycles. The number of carbonyl (C=O) groups is 2. The lowest BCUT2D eigenvalue weighted by atomic mass is 10.1. The number of nitrogens with one attached hydrogen (secondary N) is 1. The molecule has 0 aliphatic carbocycles. The minimum absolute atomic E-state index is 0.145. The van der Waals surface area contributed by atoms with Crippen LogP contribution in [0.25, 0.3) is 0 Å². The molecule has 150 valence electrons. The van der Waals surface area contributed by atoms with Gasteiger partial charge in [-0.15, -0.1) is 0 Å². The Hall–Kier alpha value is -2.90. The number of rotatable bonds is 6. The molecule has 0 saturated carbocycles. The molecule has 2 amide bonds. The van der Waals surface area contributed by atoms with Gasteiger partial charge in [-0.05, 0) is 30.4 Å². The van der Waals surface area contributed by atoms with Crippen LogP contribution in [0.1, 0.15) is 52.9 Å². The van der Waals surface area contributed by atoms with Crippen molar-refractivity contribution >= 4 is 17.5 Å². The zero-order chi connectivity index (χ0) is 20.3. The maximum absolute atomic E-state index is 12.6. The molecular weight excluding hydrogens is 358 g/mol. The summed E-state index contributed by atoms with van der Waals surface area (Å²) in [6, 6.07) is 5.33. The van der Waals surface area contributed by atoms with E-state index >= 15 is 0 Å². The van der Waals surface area contributed by atoms with Gasteiger partial charge in [-0.25, -0.2) is 0 Å². The van der Waals surface area contributed by atoms with Crippen LogP contribution in [-0.4, -0.2) is 60.6 Å². The van der Waals surface area contributed by atoms with Crippen LogP contribution in [0, 0.1) is 5.92 Å². The van der Waals surface area contributed by atoms with Crippen molar-refractivity contribution in [2.45, 2.75) is 26.2 Å². The summed E-state index contributed by atoms with van der Waals surface area (Å²) in [5, 5.41) is 6.88. The number of nitrogens with zero attached hydrogens (tertiary/aromatic N) is 4. The second-order valence-corrected chi connectivity index (χ2v) is 7.68. The Balaban J connectivity index is 1.52. The van der Waals surface area contributed by atoms with Gasteiger partial charge >= 0.3 is 0 Å². The first-order valence-electron chi connectivity index (χ1n) is 9.52. The molecule has 8 nitrogen and oxygen atoms in total. The summed E-state index contributed by atoms with van der Waals surface area (Å²) in [4.78, 5) is 32.8. The number of hydrogen-bond acceptors (Lipinski definition) is 6. The van der Waals surface area contributed by atoms with Gasteiger partial charge in [0.1, 0.15) is 5.69 Å². The maximum Gasteiger partial charge on any atom is 0.292 e. The lowest BCUT2D eigenvalue weighted by Gasteiger charge is -2.15. The molecule has 8 heteroatoms. The molecule has 28 heavy (non-hydrogen) atoms. The van der Waals surface area contributed by atoms with Crippen molar-refractivity contribution in [1.82, 2.24) is 20.4 Å². The molecular formula is C20H27N5O3. The molecule has 2 aromatic heterocycles. The topological polar surface area (TPSA) is 91.6 Å². The van der Waals surface area contributed by atoms with Crippen molar-refractivity contribution in [2.75, 3.05) is 38.6 Å². The Morgan fingerprint density at radius 2 is 2.14 bits per heavy atom. The molecule has 1 atom stereocenters. The zero-order valence-corrected chi connectivity index (χ0v) is 16.8. The zero-order valence-electron chi connectivity index (χ0n) is 16.8. The number of likely N-dealkylation sites (tertiary alicyclic amines) is 1. The van der Waals surface area contributed by atoms with Gasteiger partial charge in [-0.2, -0.15) is 0 Å². The summed E-state index contributed by atoms with van der Waals surface area (Å²) in [6.45, 7) is 5.74. The summed E-state index contributed by atoms with van der Waals surface area (Å²) < 4.78 is 5.20. The van der Waals surface area contributed by atoms with Gasteiger partial charge in [0.05, 0.1) is 5.69 Å². The fraction of sp³-hybridized carbons (Fsp3) is 0.500. The monoisotopic (exact) mass is 385 g/mol. The van der Waals surface area contributed by atoms with E-state index in [4.69, 9.17) is 4.52 Å². The lowest BCUT2D eigenvalue weighted by molar-refractivity contribution is 0.0745. The molecule has 1 unspecified atom stereocenters. The van der Waals surface area contributed by atoms with Crippen LogP contribution in [0.5, 0.6) is 0 Å².